The third kappa shape index (κ3) is 3.69. The first-order valence-corrected chi connectivity index (χ1v) is 6.90. The summed E-state index contributed by atoms with van der Waals surface area (Å²) in [4.78, 5) is 13.0. The van der Waals surface area contributed by atoms with Crippen LogP contribution in [-0.4, -0.2) is 46.3 Å². The van der Waals surface area contributed by atoms with Gasteiger partial charge in [-0.1, -0.05) is 13.8 Å². The Morgan fingerprint density at radius 1 is 1.45 bits per heavy atom. The van der Waals surface area contributed by atoms with Gasteiger partial charge in [0.05, 0.1) is 4.92 Å². The molecule has 0 bridgehead atoms. The molecule has 0 saturated heterocycles. The van der Waals surface area contributed by atoms with Gasteiger partial charge in [0, 0.05) is 19.1 Å². The minimum Gasteiger partial charge on any atom is -0.360 e. The van der Waals surface area contributed by atoms with Crippen molar-refractivity contribution in [1.29, 1.82) is 0 Å². The number of likely N-dealkylation sites (N-methyl/N-ethyl adjacent to an activating group) is 1. The van der Waals surface area contributed by atoms with Crippen LogP contribution >= 0.6 is 0 Å². The Morgan fingerprint density at radius 3 is 2.45 bits per heavy atom. The largest absolute Gasteiger partial charge is 0.360 e. The van der Waals surface area contributed by atoms with Crippen molar-refractivity contribution in [3.63, 3.8) is 0 Å². The van der Waals surface area contributed by atoms with E-state index in [2.05, 4.69) is 29.2 Å². The summed E-state index contributed by atoms with van der Waals surface area (Å²) >= 11 is 0. The number of hydrogen-bond donors (Lipinski definition) is 1. The van der Waals surface area contributed by atoms with E-state index >= 15 is 0 Å². The van der Waals surface area contributed by atoms with Crippen LogP contribution < -0.4 is 5.32 Å². The van der Waals surface area contributed by atoms with Gasteiger partial charge in [0.1, 0.15) is 5.69 Å². The first-order valence-electron chi connectivity index (χ1n) is 6.90. The first-order chi connectivity index (χ1) is 9.27. The molecule has 7 nitrogen and oxygen atoms in total. The van der Waals surface area contributed by atoms with Crippen LogP contribution in [0.4, 0.5) is 11.5 Å². The third-order valence-electron chi connectivity index (χ3n) is 3.27. The number of nitro groups is 1. The number of rotatable bonds is 7. The minimum absolute atomic E-state index is 0.0799. The van der Waals surface area contributed by atoms with E-state index in [0.29, 0.717) is 24.0 Å². The number of hydrogen-bond acceptors (Lipinski definition) is 5. The molecule has 1 aromatic heterocycles. The molecule has 0 amide bonds. The quantitative estimate of drug-likeness (QED) is 0.612. The molecule has 1 aromatic rings. The number of anilines is 1. The smallest absolute Gasteiger partial charge is 0.333 e. The van der Waals surface area contributed by atoms with Gasteiger partial charge < -0.3 is 10.2 Å². The Labute approximate surface area is 120 Å². The van der Waals surface area contributed by atoms with Gasteiger partial charge in [-0.2, -0.15) is 5.10 Å². The summed E-state index contributed by atoms with van der Waals surface area (Å²) in [5.74, 6) is 0.869. The minimum atomic E-state index is -0.357. The van der Waals surface area contributed by atoms with Crippen LogP contribution in [-0.2, 0) is 6.54 Å². The highest BCUT2D eigenvalue weighted by Crippen LogP contribution is 2.29. The summed E-state index contributed by atoms with van der Waals surface area (Å²) in [7, 11) is 3.99. The van der Waals surface area contributed by atoms with Crippen molar-refractivity contribution in [1.82, 2.24) is 14.7 Å². The maximum atomic E-state index is 11.2. The number of nitrogens with one attached hydrogen (secondary N) is 1. The zero-order chi connectivity index (χ0) is 15.4. The van der Waals surface area contributed by atoms with E-state index in [0.717, 1.165) is 6.54 Å². The lowest BCUT2D eigenvalue weighted by atomic mass is 10.0. The zero-order valence-electron chi connectivity index (χ0n) is 13.2. The Bertz CT molecular complexity index is 468. The molecule has 1 atom stereocenters. The van der Waals surface area contributed by atoms with Crippen molar-refractivity contribution in [3.8, 4) is 0 Å². The normalized spacial score (nSPS) is 13.0. The van der Waals surface area contributed by atoms with E-state index in [1.165, 1.54) is 0 Å². The van der Waals surface area contributed by atoms with Crippen molar-refractivity contribution < 1.29 is 4.92 Å². The fraction of sp³-hybridized carbons (Fsp3) is 0.769. The molecule has 1 N–H and O–H groups in total. The molecule has 0 fully saturated rings. The molecule has 7 heteroatoms. The predicted octanol–water partition coefficient (Wildman–Crippen LogP) is 2.12. The molecule has 0 radical (unpaired) electrons. The summed E-state index contributed by atoms with van der Waals surface area (Å²) in [6, 6.07) is 0.130. The Balaban J connectivity index is 3.13. The number of aryl methyl sites for hydroxylation is 2. The summed E-state index contributed by atoms with van der Waals surface area (Å²) in [6.07, 6.45) is 0. The second-order valence-corrected chi connectivity index (χ2v) is 5.61. The Morgan fingerprint density at radius 2 is 2.05 bits per heavy atom. The SMILES string of the molecule is CCn1nc(C)c([N+](=O)[O-])c1NC(CN(C)C)C(C)C. The highest BCUT2D eigenvalue weighted by Gasteiger charge is 2.27. The van der Waals surface area contributed by atoms with Gasteiger partial charge >= 0.3 is 5.69 Å². The van der Waals surface area contributed by atoms with Crippen LogP contribution in [0.2, 0.25) is 0 Å². The van der Waals surface area contributed by atoms with Crippen LogP contribution in [0.5, 0.6) is 0 Å². The van der Waals surface area contributed by atoms with E-state index in [4.69, 9.17) is 0 Å². The van der Waals surface area contributed by atoms with Gasteiger partial charge in [-0.15, -0.1) is 0 Å². The first kappa shape index (κ1) is 16.4. The number of aromatic nitrogens is 2. The van der Waals surface area contributed by atoms with Crippen molar-refractivity contribution >= 4 is 11.5 Å². The Kier molecular flexibility index (Phi) is 5.50. The van der Waals surface area contributed by atoms with E-state index < -0.39 is 0 Å². The van der Waals surface area contributed by atoms with E-state index in [1.807, 2.05) is 21.0 Å². The fourth-order valence-corrected chi connectivity index (χ4v) is 2.15. The molecule has 0 spiro atoms. The highest BCUT2D eigenvalue weighted by atomic mass is 16.6. The van der Waals surface area contributed by atoms with Gasteiger partial charge in [-0.05, 0) is 33.9 Å². The molecule has 0 aliphatic heterocycles. The molecule has 0 aliphatic carbocycles. The average Bonchev–Trinajstić information content (AvgIpc) is 2.63. The van der Waals surface area contributed by atoms with E-state index in [9.17, 15) is 10.1 Å². The van der Waals surface area contributed by atoms with Gasteiger partial charge in [0.15, 0.2) is 0 Å². The predicted molar refractivity (Wildman–Crippen MR) is 80.1 cm³/mol. The summed E-state index contributed by atoms with van der Waals surface area (Å²) in [6.45, 7) is 9.22. The molecule has 1 rings (SSSR count). The Hall–Kier alpha value is -1.63. The summed E-state index contributed by atoms with van der Waals surface area (Å²) in [5.41, 5.74) is 0.531. The second kappa shape index (κ2) is 6.69. The van der Waals surface area contributed by atoms with Gasteiger partial charge in [-0.25, -0.2) is 4.68 Å². The molecule has 0 aromatic carbocycles. The lowest BCUT2D eigenvalue weighted by Crippen LogP contribution is -2.37. The van der Waals surface area contributed by atoms with E-state index in [1.54, 1.807) is 11.6 Å². The molecule has 1 unspecified atom stereocenters. The van der Waals surface area contributed by atoms with Crippen LogP contribution in [0.25, 0.3) is 0 Å². The van der Waals surface area contributed by atoms with Gasteiger partial charge in [-0.3, -0.25) is 10.1 Å². The van der Waals surface area contributed by atoms with Gasteiger partial charge in [0.25, 0.3) is 0 Å². The average molecular weight is 283 g/mol. The third-order valence-corrected chi connectivity index (χ3v) is 3.27. The van der Waals surface area contributed by atoms with Crippen LogP contribution in [0.1, 0.15) is 26.5 Å². The second-order valence-electron chi connectivity index (χ2n) is 5.61. The van der Waals surface area contributed by atoms with E-state index in [-0.39, 0.29) is 16.7 Å². The van der Waals surface area contributed by atoms with Gasteiger partial charge in [0.2, 0.25) is 5.82 Å². The van der Waals surface area contributed by atoms with Crippen LogP contribution in [0.15, 0.2) is 0 Å². The lowest BCUT2D eigenvalue weighted by molar-refractivity contribution is -0.384. The van der Waals surface area contributed by atoms with Crippen molar-refractivity contribution in [2.45, 2.75) is 40.3 Å². The van der Waals surface area contributed by atoms with Crippen molar-refractivity contribution in [2.75, 3.05) is 26.0 Å². The monoisotopic (exact) mass is 283 g/mol. The highest BCUT2D eigenvalue weighted by molar-refractivity contribution is 5.60. The maximum absolute atomic E-state index is 11.2. The van der Waals surface area contributed by atoms with Crippen molar-refractivity contribution in [2.24, 2.45) is 5.92 Å². The molecular weight excluding hydrogens is 258 g/mol. The molecule has 114 valence electrons. The number of nitrogens with zero attached hydrogens (tertiary/aromatic N) is 4. The summed E-state index contributed by atoms with van der Waals surface area (Å²) in [5, 5.41) is 18.8. The van der Waals surface area contributed by atoms with Crippen LogP contribution in [0, 0.1) is 23.0 Å². The van der Waals surface area contributed by atoms with Crippen LogP contribution in [0.3, 0.4) is 0 Å². The summed E-state index contributed by atoms with van der Waals surface area (Å²) < 4.78 is 1.67. The topological polar surface area (TPSA) is 76.2 Å². The molecular formula is C13H25N5O2. The lowest BCUT2D eigenvalue weighted by Gasteiger charge is -2.26. The fourth-order valence-electron chi connectivity index (χ4n) is 2.15. The molecule has 1 heterocycles. The standard InChI is InChI=1S/C13H25N5O2/c1-7-17-13(12(18(19)20)10(4)15-17)14-11(9(2)3)8-16(5)6/h9,11,14H,7-8H2,1-6H3. The van der Waals surface area contributed by atoms with Crippen molar-refractivity contribution in [3.05, 3.63) is 15.8 Å². The maximum Gasteiger partial charge on any atom is 0.333 e. The molecule has 0 saturated carbocycles. The molecule has 20 heavy (non-hydrogen) atoms. The molecule has 0 aliphatic rings. The zero-order valence-corrected chi connectivity index (χ0v) is 13.2.